The molecule has 4 nitrogen and oxygen atoms in total. The zero-order valence-electron chi connectivity index (χ0n) is 9.88. The third kappa shape index (κ3) is 8.15. The lowest BCUT2D eigenvalue weighted by Gasteiger charge is -2.24. The van der Waals surface area contributed by atoms with Crippen LogP contribution in [0, 0.1) is 5.92 Å². The van der Waals surface area contributed by atoms with Gasteiger partial charge in [-0.3, -0.25) is 0 Å². The lowest BCUT2D eigenvalue weighted by Crippen LogP contribution is -2.45. The van der Waals surface area contributed by atoms with E-state index in [-0.39, 0.29) is 5.97 Å². The van der Waals surface area contributed by atoms with Crippen molar-refractivity contribution in [2.45, 2.75) is 26.4 Å². The molecule has 0 atom stereocenters. The van der Waals surface area contributed by atoms with Gasteiger partial charge in [-0.2, -0.15) is 0 Å². The molecule has 1 saturated heterocycles. The standard InChI is InChI=1S/C7H12O2.C4H10N2/c1-5-6(8)9-7(2,3)4;5-1-4-2-6-3-4/h5H,1H2,2-4H3;4,6H,1-3,5H2. The van der Waals surface area contributed by atoms with E-state index in [2.05, 4.69) is 11.9 Å². The molecule has 0 unspecified atom stereocenters. The number of rotatable bonds is 2. The van der Waals surface area contributed by atoms with Crippen LogP contribution in [0.1, 0.15) is 20.8 Å². The first kappa shape index (κ1) is 14.1. The molecule has 1 fully saturated rings. The molecule has 0 amide bonds. The number of hydrogen-bond donors (Lipinski definition) is 2. The lowest BCUT2D eigenvalue weighted by molar-refractivity contribution is -0.148. The van der Waals surface area contributed by atoms with Crippen LogP contribution in [0.4, 0.5) is 0 Å². The van der Waals surface area contributed by atoms with Crippen LogP contribution in [-0.2, 0) is 9.53 Å². The Bertz CT molecular complexity index is 202. The van der Waals surface area contributed by atoms with Gasteiger partial charge in [0.15, 0.2) is 0 Å². The van der Waals surface area contributed by atoms with Gasteiger partial charge in [-0.15, -0.1) is 0 Å². The molecule has 0 aliphatic carbocycles. The topological polar surface area (TPSA) is 64.3 Å². The van der Waals surface area contributed by atoms with Crippen LogP contribution in [-0.4, -0.2) is 31.2 Å². The van der Waals surface area contributed by atoms with Crippen molar-refractivity contribution in [2.75, 3.05) is 19.6 Å². The highest BCUT2D eigenvalue weighted by Crippen LogP contribution is 2.06. The minimum atomic E-state index is -0.398. The summed E-state index contributed by atoms with van der Waals surface area (Å²) < 4.78 is 4.83. The molecule has 0 aromatic rings. The number of nitrogens with two attached hydrogens (primary N) is 1. The molecular formula is C11H22N2O2. The van der Waals surface area contributed by atoms with Crippen molar-refractivity contribution in [3.63, 3.8) is 0 Å². The lowest BCUT2D eigenvalue weighted by atomic mass is 10.1. The monoisotopic (exact) mass is 214 g/mol. The molecule has 3 N–H and O–H groups in total. The third-order valence-electron chi connectivity index (χ3n) is 1.77. The summed E-state index contributed by atoms with van der Waals surface area (Å²) in [5, 5.41) is 3.13. The predicted molar refractivity (Wildman–Crippen MR) is 61.5 cm³/mol. The number of nitrogens with one attached hydrogen (secondary N) is 1. The maximum atomic E-state index is 10.5. The largest absolute Gasteiger partial charge is 0.457 e. The summed E-state index contributed by atoms with van der Waals surface area (Å²) in [4.78, 5) is 10.5. The molecule has 1 heterocycles. The highest BCUT2D eigenvalue weighted by Gasteiger charge is 2.13. The fraction of sp³-hybridized carbons (Fsp3) is 0.727. The first-order valence-corrected chi connectivity index (χ1v) is 5.15. The van der Waals surface area contributed by atoms with Crippen molar-refractivity contribution in [3.05, 3.63) is 12.7 Å². The highest BCUT2D eigenvalue weighted by atomic mass is 16.6. The van der Waals surface area contributed by atoms with E-state index >= 15 is 0 Å². The Morgan fingerprint density at radius 3 is 2.20 bits per heavy atom. The van der Waals surface area contributed by atoms with Crippen LogP contribution >= 0.6 is 0 Å². The van der Waals surface area contributed by atoms with Crippen LogP contribution in [0.25, 0.3) is 0 Å². The van der Waals surface area contributed by atoms with Gasteiger partial charge < -0.3 is 15.8 Å². The Balaban J connectivity index is 0.000000280. The number of ether oxygens (including phenoxy) is 1. The van der Waals surface area contributed by atoms with Gasteiger partial charge >= 0.3 is 5.97 Å². The van der Waals surface area contributed by atoms with Crippen LogP contribution in [0.3, 0.4) is 0 Å². The van der Waals surface area contributed by atoms with Crippen molar-refractivity contribution in [2.24, 2.45) is 11.7 Å². The quantitative estimate of drug-likeness (QED) is 0.524. The Labute approximate surface area is 91.9 Å². The van der Waals surface area contributed by atoms with Crippen molar-refractivity contribution < 1.29 is 9.53 Å². The first-order valence-electron chi connectivity index (χ1n) is 5.15. The molecular weight excluding hydrogens is 192 g/mol. The van der Waals surface area contributed by atoms with Gasteiger partial charge in [0.05, 0.1) is 0 Å². The minimum absolute atomic E-state index is 0.373. The second-order valence-electron chi connectivity index (χ2n) is 4.50. The van der Waals surface area contributed by atoms with Crippen molar-refractivity contribution in [3.8, 4) is 0 Å². The van der Waals surface area contributed by atoms with E-state index in [4.69, 9.17) is 10.5 Å². The van der Waals surface area contributed by atoms with Gasteiger partial charge in [-0.05, 0) is 33.2 Å². The minimum Gasteiger partial charge on any atom is -0.457 e. The van der Waals surface area contributed by atoms with Crippen LogP contribution in [0.2, 0.25) is 0 Å². The smallest absolute Gasteiger partial charge is 0.330 e. The van der Waals surface area contributed by atoms with E-state index in [1.165, 1.54) is 0 Å². The Hall–Kier alpha value is -0.870. The number of esters is 1. The summed E-state index contributed by atoms with van der Waals surface area (Å²) in [6.07, 6.45) is 1.16. The van der Waals surface area contributed by atoms with Crippen LogP contribution in [0.5, 0.6) is 0 Å². The number of hydrogen-bond acceptors (Lipinski definition) is 4. The molecule has 15 heavy (non-hydrogen) atoms. The van der Waals surface area contributed by atoms with Crippen molar-refractivity contribution >= 4 is 5.97 Å². The van der Waals surface area contributed by atoms with E-state index in [1.807, 2.05) is 20.8 Å². The highest BCUT2D eigenvalue weighted by molar-refractivity contribution is 5.81. The predicted octanol–water partition coefficient (Wildman–Crippen LogP) is 0.679. The first-order chi connectivity index (χ1) is 6.89. The summed E-state index contributed by atoms with van der Waals surface area (Å²) in [5.41, 5.74) is 4.90. The maximum Gasteiger partial charge on any atom is 0.330 e. The fourth-order valence-corrected chi connectivity index (χ4v) is 0.859. The number of carbonyl (C=O) groups is 1. The molecule has 0 bridgehead atoms. The van der Waals surface area contributed by atoms with E-state index in [1.54, 1.807) is 0 Å². The second kappa shape index (κ2) is 6.58. The van der Waals surface area contributed by atoms with Gasteiger partial charge in [-0.25, -0.2) is 4.79 Å². The molecule has 0 aromatic heterocycles. The molecule has 1 aliphatic heterocycles. The summed E-state index contributed by atoms with van der Waals surface area (Å²) in [7, 11) is 0. The molecule has 1 aliphatic rings. The molecule has 0 radical (unpaired) electrons. The average molecular weight is 214 g/mol. The van der Waals surface area contributed by atoms with Crippen molar-refractivity contribution in [1.29, 1.82) is 0 Å². The zero-order chi connectivity index (χ0) is 11.9. The molecule has 88 valence electrons. The Morgan fingerprint density at radius 1 is 1.60 bits per heavy atom. The second-order valence-corrected chi connectivity index (χ2v) is 4.50. The summed E-state index contributed by atoms with van der Waals surface area (Å²) in [6.45, 7) is 11.8. The molecule has 0 spiro atoms. The summed E-state index contributed by atoms with van der Waals surface area (Å²) in [6, 6.07) is 0. The average Bonchev–Trinajstić information content (AvgIpc) is 2.00. The van der Waals surface area contributed by atoms with Gasteiger partial charge in [-0.1, -0.05) is 6.58 Å². The van der Waals surface area contributed by atoms with Gasteiger partial charge in [0.2, 0.25) is 0 Å². The SMILES string of the molecule is C=CC(=O)OC(C)(C)C.NCC1CNC1. The summed E-state index contributed by atoms with van der Waals surface area (Å²) in [5.74, 6) is 0.410. The Kier molecular flexibility index (Phi) is 6.20. The fourth-order valence-electron chi connectivity index (χ4n) is 0.859. The normalized spacial score (nSPS) is 15.7. The van der Waals surface area contributed by atoms with Crippen LogP contribution < -0.4 is 11.1 Å². The maximum absolute atomic E-state index is 10.5. The summed E-state index contributed by atoms with van der Waals surface area (Å²) >= 11 is 0. The van der Waals surface area contributed by atoms with Crippen LogP contribution in [0.15, 0.2) is 12.7 Å². The Morgan fingerprint density at radius 2 is 2.13 bits per heavy atom. The van der Waals surface area contributed by atoms with E-state index in [0.717, 1.165) is 31.6 Å². The van der Waals surface area contributed by atoms with E-state index in [9.17, 15) is 4.79 Å². The van der Waals surface area contributed by atoms with Gasteiger partial charge in [0.25, 0.3) is 0 Å². The molecule has 0 saturated carbocycles. The molecule has 0 aromatic carbocycles. The van der Waals surface area contributed by atoms with Gasteiger partial charge in [0.1, 0.15) is 5.60 Å². The van der Waals surface area contributed by atoms with E-state index < -0.39 is 5.60 Å². The molecule has 4 heteroatoms. The van der Waals surface area contributed by atoms with Gasteiger partial charge in [0, 0.05) is 19.2 Å². The third-order valence-corrected chi connectivity index (χ3v) is 1.77. The van der Waals surface area contributed by atoms with E-state index in [0.29, 0.717) is 0 Å². The number of carbonyl (C=O) groups excluding carboxylic acids is 1. The zero-order valence-corrected chi connectivity index (χ0v) is 9.88. The van der Waals surface area contributed by atoms with Crippen molar-refractivity contribution in [1.82, 2.24) is 5.32 Å². The molecule has 1 rings (SSSR count).